The molecule has 0 saturated carbocycles. The van der Waals surface area contributed by atoms with Crippen molar-refractivity contribution >= 4 is 17.5 Å². The van der Waals surface area contributed by atoms with Gasteiger partial charge in [-0.1, -0.05) is 11.6 Å². The summed E-state index contributed by atoms with van der Waals surface area (Å²) in [5.74, 6) is 0.329. The van der Waals surface area contributed by atoms with Crippen LogP contribution in [0, 0.1) is 0 Å². The molecule has 2 saturated heterocycles. The van der Waals surface area contributed by atoms with Crippen molar-refractivity contribution in [1.29, 1.82) is 0 Å². The number of amides is 1. The first-order chi connectivity index (χ1) is 16.0. The van der Waals surface area contributed by atoms with E-state index >= 15 is 0 Å². The lowest BCUT2D eigenvalue weighted by atomic mass is 9.88. The van der Waals surface area contributed by atoms with Crippen molar-refractivity contribution in [3.8, 4) is 5.75 Å². The first-order valence-electron chi connectivity index (χ1n) is 11.3. The van der Waals surface area contributed by atoms with E-state index in [-0.39, 0.29) is 25.1 Å². The van der Waals surface area contributed by atoms with Crippen molar-refractivity contribution in [2.24, 2.45) is 0 Å². The molecule has 1 unspecified atom stereocenters. The van der Waals surface area contributed by atoms with Gasteiger partial charge in [-0.3, -0.25) is 14.8 Å². The number of aromatic nitrogens is 2. The molecule has 0 bridgehead atoms. The number of carbonyl (C=O) groups excluding carboxylic acids is 1. The van der Waals surface area contributed by atoms with Gasteiger partial charge in [0.2, 0.25) is 0 Å². The number of ether oxygens (including phenoxy) is 2. The minimum absolute atomic E-state index is 0.0463. The highest BCUT2D eigenvalue weighted by molar-refractivity contribution is 6.32. The lowest BCUT2D eigenvalue weighted by Crippen LogP contribution is -2.59. The van der Waals surface area contributed by atoms with E-state index in [2.05, 4.69) is 10.2 Å². The molecular weight excluding hydrogens is 473 g/mol. The first-order valence-corrected chi connectivity index (χ1v) is 11.6. The molecule has 0 aliphatic carbocycles. The minimum Gasteiger partial charge on any atom is -0.489 e. The van der Waals surface area contributed by atoms with Crippen LogP contribution in [0.15, 0.2) is 30.5 Å². The quantitative estimate of drug-likeness (QED) is 0.656. The number of morpholine rings is 1. The molecule has 1 atom stereocenters. The van der Waals surface area contributed by atoms with Gasteiger partial charge in [0, 0.05) is 37.9 Å². The van der Waals surface area contributed by atoms with Crippen LogP contribution in [0.25, 0.3) is 0 Å². The summed E-state index contributed by atoms with van der Waals surface area (Å²) >= 11 is 6.29. The van der Waals surface area contributed by atoms with Gasteiger partial charge in [-0.2, -0.15) is 18.3 Å². The fourth-order valence-electron chi connectivity index (χ4n) is 4.62. The highest BCUT2D eigenvalue weighted by Gasteiger charge is 2.46. The number of benzene rings is 1. The predicted octanol–water partition coefficient (Wildman–Crippen LogP) is 4.46. The molecule has 34 heavy (non-hydrogen) atoms. The molecule has 1 aromatic carbocycles. The summed E-state index contributed by atoms with van der Waals surface area (Å²) in [5, 5.41) is 7.17. The van der Waals surface area contributed by atoms with Crippen molar-refractivity contribution in [1.82, 2.24) is 20.0 Å². The Labute approximate surface area is 201 Å². The first kappa shape index (κ1) is 24.8. The van der Waals surface area contributed by atoms with Gasteiger partial charge in [-0.15, -0.1) is 0 Å². The molecule has 7 nitrogen and oxygen atoms in total. The molecule has 2 aromatic rings. The summed E-state index contributed by atoms with van der Waals surface area (Å²) < 4.78 is 51.5. The summed E-state index contributed by atoms with van der Waals surface area (Å²) in [6, 6.07) is 6.65. The predicted molar refractivity (Wildman–Crippen MR) is 120 cm³/mol. The molecule has 2 aliphatic heterocycles. The molecule has 1 amide bonds. The third-order valence-corrected chi connectivity index (χ3v) is 6.38. The van der Waals surface area contributed by atoms with E-state index in [1.165, 1.54) is 4.90 Å². The topological polar surface area (TPSA) is 70.7 Å². The normalized spacial score (nSPS) is 21.3. The summed E-state index contributed by atoms with van der Waals surface area (Å²) in [6.45, 7) is 3.77. The number of piperidine rings is 1. The number of halogens is 4. The number of hydrogen-bond acceptors (Lipinski definition) is 5. The molecule has 1 spiro atoms. The Balaban J connectivity index is 1.45. The number of hydrogen-bond donors (Lipinski definition) is 1. The molecule has 2 fully saturated rings. The van der Waals surface area contributed by atoms with Crippen molar-refractivity contribution < 1.29 is 27.4 Å². The van der Waals surface area contributed by atoms with Crippen molar-refractivity contribution in [3.05, 3.63) is 46.7 Å². The fourth-order valence-corrected chi connectivity index (χ4v) is 4.85. The second-order valence-electron chi connectivity index (χ2n) is 9.18. The average molecular weight is 501 g/mol. The molecule has 0 radical (unpaired) electrons. The van der Waals surface area contributed by atoms with Gasteiger partial charge in [0.05, 0.1) is 29.0 Å². The van der Waals surface area contributed by atoms with Crippen LogP contribution >= 0.6 is 11.6 Å². The monoisotopic (exact) mass is 500 g/mol. The molecule has 1 aromatic heterocycles. The summed E-state index contributed by atoms with van der Waals surface area (Å²) in [7, 11) is 0. The van der Waals surface area contributed by atoms with Gasteiger partial charge in [0.15, 0.2) is 0 Å². The van der Waals surface area contributed by atoms with Crippen LogP contribution in [-0.4, -0.2) is 76.5 Å². The van der Waals surface area contributed by atoms with Crippen LogP contribution in [0.4, 0.5) is 13.2 Å². The summed E-state index contributed by atoms with van der Waals surface area (Å²) in [4.78, 5) is 16.1. The van der Waals surface area contributed by atoms with Crippen LogP contribution in [0.3, 0.4) is 0 Å². The van der Waals surface area contributed by atoms with Gasteiger partial charge in [0.1, 0.15) is 11.9 Å². The smallest absolute Gasteiger partial charge is 0.401 e. The minimum atomic E-state index is -4.31. The molecule has 4 rings (SSSR count). The van der Waals surface area contributed by atoms with E-state index in [1.54, 1.807) is 35.4 Å². The highest BCUT2D eigenvalue weighted by Crippen LogP contribution is 2.38. The number of H-pyrrole nitrogens is 1. The number of aromatic amines is 1. The third kappa shape index (κ3) is 5.84. The van der Waals surface area contributed by atoms with Gasteiger partial charge in [0.25, 0.3) is 5.91 Å². The van der Waals surface area contributed by atoms with E-state index in [1.807, 2.05) is 13.8 Å². The summed E-state index contributed by atoms with van der Waals surface area (Å²) in [6.07, 6.45) is -2.45. The van der Waals surface area contributed by atoms with E-state index < -0.39 is 24.4 Å². The number of nitrogens with one attached hydrogen (secondary N) is 1. The fraction of sp³-hybridized carbons (Fsp3) is 0.565. The SMILES string of the molecule is CC(C)Oc1ccc(C(=O)N2CCC3(CC2)CN(CC(F)(F)F)CC(c2cc[nH]n2)O3)cc1Cl. The number of nitrogens with zero attached hydrogens (tertiary/aromatic N) is 3. The Morgan fingerprint density at radius 1 is 1.32 bits per heavy atom. The summed E-state index contributed by atoms with van der Waals surface area (Å²) in [5.41, 5.74) is 0.231. The molecule has 1 N–H and O–H groups in total. The zero-order valence-corrected chi connectivity index (χ0v) is 19.8. The van der Waals surface area contributed by atoms with Gasteiger partial charge >= 0.3 is 6.18 Å². The zero-order chi connectivity index (χ0) is 24.5. The lowest BCUT2D eigenvalue weighted by molar-refractivity contribution is -0.206. The number of alkyl halides is 3. The second-order valence-corrected chi connectivity index (χ2v) is 9.58. The van der Waals surface area contributed by atoms with Crippen LogP contribution in [0.2, 0.25) is 5.02 Å². The Hall–Kier alpha value is -2.30. The number of carbonyl (C=O) groups is 1. The van der Waals surface area contributed by atoms with Gasteiger partial charge in [-0.05, 0) is 51.0 Å². The number of likely N-dealkylation sites (tertiary alicyclic amines) is 1. The molecule has 11 heteroatoms. The molecule has 2 aliphatic rings. The number of rotatable bonds is 5. The van der Waals surface area contributed by atoms with Crippen molar-refractivity contribution in [2.75, 3.05) is 32.7 Å². The van der Waals surface area contributed by atoms with Crippen LogP contribution < -0.4 is 4.74 Å². The Bertz CT molecular complexity index is 992. The Morgan fingerprint density at radius 3 is 2.65 bits per heavy atom. The average Bonchev–Trinajstić information content (AvgIpc) is 3.28. The maximum atomic E-state index is 13.2. The van der Waals surface area contributed by atoms with Crippen LogP contribution in [-0.2, 0) is 4.74 Å². The maximum absolute atomic E-state index is 13.2. The van der Waals surface area contributed by atoms with E-state index in [4.69, 9.17) is 21.1 Å². The van der Waals surface area contributed by atoms with E-state index in [0.29, 0.717) is 48.0 Å². The van der Waals surface area contributed by atoms with Gasteiger partial charge in [-0.25, -0.2) is 0 Å². The van der Waals surface area contributed by atoms with Crippen LogP contribution in [0.5, 0.6) is 5.75 Å². The van der Waals surface area contributed by atoms with Crippen LogP contribution in [0.1, 0.15) is 48.8 Å². The largest absolute Gasteiger partial charge is 0.489 e. The van der Waals surface area contributed by atoms with Gasteiger partial charge < -0.3 is 14.4 Å². The van der Waals surface area contributed by atoms with Crippen molar-refractivity contribution in [2.45, 2.75) is 50.7 Å². The maximum Gasteiger partial charge on any atom is 0.401 e. The van der Waals surface area contributed by atoms with Crippen molar-refractivity contribution in [3.63, 3.8) is 0 Å². The Kier molecular flexibility index (Phi) is 7.12. The second kappa shape index (κ2) is 9.75. The van der Waals surface area contributed by atoms with E-state index in [9.17, 15) is 18.0 Å². The zero-order valence-electron chi connectivity index (χ0n) is 19.1. The molecule has 3 heterocycles. The molecule has 186 valence electrons. The van der Waals surface area contributed by atoms with E-state index in [0.717, 1.165) is 0 Å². The standard InChI is InChI=1S/C23H28ClF3N4O3/c1-15(2)33-19-4-3-16(11-17(19)24)21(32)31-9-6-22(7-10-31)13-30(14-23(25,26)27)12-20(34-22)18-5-8-28-29-18/h3-5,8,11,15,20H,6-7,9-10,12-14H2,1-2H3,(H,28,29). The molecular formula is C23H28ClF3N4O3. The Morgan fingerprint density at radius 2 is 2.06 bits per heavy atom. The third-order valence-electron chi connectivity index (χ3n) is 6.09. The highest BCUT2D eigenvalue weighted by atomic mass is 35.5. The lowest BCUT2D eigenvalue weighted by Gasteiger charge is -2.49.